The van der Waals surface area contributed by atoms with Crippen molar-refractivity contribution in [3.8, 4) is 0 Å². The number of oxazole rings is 1. The highest BCUT2D eigenvalue weighted by Crippen LogP contribution is 2.32. The largest absolute Gasteiger partial charge is 0.425 e. The molecule has 0 unspecified atom stereocenters. The Morgan fingerprint density at radius 2 is 1.94 bits per heavy atom. The highest BCUT2D eigenvalue weighted by molar-refractivity contribution is 9.10. The van der Waals surface area contributed by atoms with Crippen molar-refractivity contribution in [3.05, 3.63) is 45.9 Å². The van der Waals surface area contributed by atoms with Gasteiger partial charge in [-0.1, -0.05) is 15.9 Å². The molecule has 2 heterocycles. The van der Waals surface area contributed by atoms with Crippen LogP contribution >= 0.6 is 15.9 Å². The van der Waals surface area contributed by atoms with Crippen molar-refractivity contribution in [2.75, 3.05) is 25.0 Å². The van der Waals surface area contributed by atoms with Crippen LogP contribution in [0.3, 0.4) is 0 Å². The lowest BCUT2D eigenvalue weighted by molar-refractivity contribution is -0.131. The summed E-state index contributed by atoms with van der Waals surface area (Å²) in [5.74, 6) is 0.785. The van der Waals surface area contributed by atoms with Crippen LogP contribution in [0.2, 0.25) is 0 Å². The molecular weight excluding hydrogens is 464 g/mol. The van der Waals surface area contributed by atoms with E-state index < -0.39 is 0 Å². The van der Waals surface area contributed by atoms with Crippen molar-refractivity contribution in [1.82, 2.24) is 15.2 Å². The van der Waals surface area contributed by atoms with E-state index in [1.165, 1.54) is 0 Å². The number of likely N-dealkylation sites (tertiary alicyclic amines) is 1. The number of hydrogen-bond acceptors (Lipinski definition) is 5. The monoisotopic (exact) mass is 488 g/mol. The smallest absolute Gasteiger partial charge is 0.258 e. The van der Waals surface area contributed by atoms with Gasteiger partial charge >= 0.3 is 0 Å². The van der Waals surface area contributed by atoms with Crippen molar-refractivity contribution < 1.29 is 18.8 Å². The van der Waals surface area contributed by atoms with Gasteiger partial charge in [-0.05, 0) is 49.4 Å². The first-order chi connectivity index (χ1) is 14.9. The number of rotatable bonds is 7. The molecule has 1 aromatic heterocycles. The van der Waals surface area contributed by atoms with Gasteiger partial charge in [0.2, 0.25) is 17.7 Å². The molecule has 1 saturated carbocycles. The fourth-order valence-electron chi connectivity index (χ4n) is 3.72. The van der Waals surface area contributed by atoms with Gasteiger partial charge in [0.15, 0.2) is 5.89 Å². The number of amides is 3. The van der Waals surface area contributed by atoms with Crippen LogP contribution in [0.5, 0.6) is 0 Å². The molecule has 31 heavy (non-hydrogen) atoms. The normalized spacial score (nSPS) is 18.1. The zero-order valence-corrected chi connectivity index (χ0v) is 18.9. The number of halogens is 1. The van der Waals surface area contributed by atoms with Gasteiger partial charge in [-0.2, -0.15) is 0 Å². The number of aryl methyl sites for hydroxylation is 1. The molecule has 164 valence electrons. The number of aromatic nitrogens is 1. The van der Waals surface area contributed by atoms with E-state index in [9.17, 15) is 14.4 Å². The van der Waals surface area contributed by atoms with Gasteiger partial charge in [-0.15, -0.1) is 0 Å². The molecule has 1 saturated heterocycles. The van der Waals surface area contributed by atoms with E-state index in [2.05, 4.69) is 31.5 Å². The molecular formula is C22H25BrN4O4. The van der Waals surface area contributed by atoms with Crippen LogP contribution in [0.25, 0.3) is 0 Å². The number of nitrogens with one attached hydrogen (secondary N) is 2. The Bertz CT molecular complexity index is 984. The summed E-state index contributed by atoms with van der Waals surface area (Å²) in [6, 6.07) is 6.93. The molecule has 0 bridgehead atoms. The average Bonchev–Trinajstić information content (AvgIpc) is 3.39. The molecule has 0 spiro atoms. The summed E-state index contributed by atoms with van der Waals surface area (Å²) in [7, 11) is 0. The van der Waals surface area contributed by atoms with Gasteiger partial charge in [0.05, 0.1) is 6.42 Å². The highest BCUT2D eigenvalue weighted by Gasteiger charge is 2.36. The van der Waals surface area contributed by atoms with Gasteiger partial charge in [0.1, 0.15) is 5.69 Å². The summed E-state index contributed by atoms with van der Waals surface area (Å²) in [5.41, 5.74) is 0.858. The van der Waals surface area contributed by atoms with Crippen molar-refractivity contribution in [2.45, 2.75) is 32.6 Å². The maximum atomic E-state index is 12.5. The Kier molecular flexibility index (Phi) is 6.41. The standard InChI is InChI=1S/C22H25BrN4O4/c1-13-25-18(21(31-13)26-20(29)15-4-6-17(23)7-5-15)10-19(28)24-11-14-8-9-27(12-14)22(30)16-2-3-16/h4-7,14,16H,2-3,8-12H2,1H3,(H,24,28)(H,26,29)/t14-/m0/s1. The zero-order valence-electron chi connectivity index (χ0n) is 17.3. The minimum atomic E-state index is -0.336. The summed E-state index contributed by atoms with van der Waals surface area (Å²) < 4.78 is 6.38. The Hall–Kier alpha value is -2.68. The van der Waals surface area contributed by atoms with E-state index in [1.54, 1.807) is 31.2 Å². The zero-order chi connectivity index (χ0) is 22.0. The van der Waals surface area contributed by atoms with E-state index in [0.29, 0.717) is 30.2 Å². The van der Waals surface area contributed by atoms with Gasteiger partial charge < -0.3 is 14.6 Å². The average molecular weight is 489 g/mol. The van der Waals surface area contributed by atoms with Crippen LogP contribution in [0.15, 0.2) is 33.2 Å². The van der Waals surface area contributed by atoms with Crippen LogP contribution < -0.4 is 10.6 Å². The predicted octanol–water partition coefficient (Wildman–Crippen LogP) is 2.92. The van der Waals surface area contributed by atoms with E-state index in [0.717, 1.165) is 30.3 Å². The van der Waals surface area contributed by atoms with Crippen molar-refractivity contribution in [1.29, 1.82) is 0 Å². The molecule has 9 heteroatoms. The lowest BCUT2D eigenvalue weighted by Gasteiger charge is -2.16. The Balaban J connectivity index is 1.29. The Morgan fingerprint density at radius 3 is 2.65 bits per heavy atom. The Morgan fingerprint density at radius 1 is 1.19 bits per heavy atom. The molecule has 2 aromatic rings. The van der Waals surface area contributed by atoms with E-state index in [-0.39, 0.29) is 41.9 Å². The third-order valence-electron chi connectivity index (χ3n) is 5.58. The predicted molar refractivity (Wildman–Crippen MR) is 117 cm³/mol. The second-order valence-electron chi connectivity index (χ2n) is 8.16. The maximum Gasteiger partial charge on any atom is 0.258 e. The minimum Gasteiger partial charge on any atom is -0.425 e. The van der Waals surface area contributed by atoms with E-state index >= 15 is 0 Å². The number of hydrogen-bond donors (Lipinski definition) is 2. The molecule has 1 aromatic carbocycles. The summed E-state index contributed by atoms with van der Waals surface area (Å²) in [5, 5.41) is 5.63. The molecule has 2 aliphatic rings. The highest BCUT2D eigenvalue weighted by atomic mass is 79.9. The van der Waals surface area contributed by atoms with Crippen LogP contribution in [0.1, 0.15) is 41.2 Å². The Labute approximate surface area is 188 Å². The molecule has 2 N–H and O–H groups in total. The molecule has 1 aliphatic heterocycles. The molecule has 4 rings (SSSR count). The molecule has 2 fully saturated rings. The van der Waals surface area contributed by atoms with Crippen LogP contribution in [-0.4, -0.2) is 47.2 Å². The van der Waals surface area contributed by atoms with Gasteiger partial charge in [0, 0.05) is 42.5 Å². The van der Waals surface area contributed by atoms with Gasteiger partial charge in [0.25, 0.3) is 5.91 Å². The van der Waals surface area contributed by atoms with Crippen molar-refractivity contribution >= 4 is 39.5 Å². The number of benzene rings is 1. The number of carbonyl (C=O) groups excluding carboxylic acids is 3. The fourth-order valence-corrected chi connectivity index (χ4v) is 3.99. The van der Waals surface area contributed by atoms with Gasteiger partial charge in [-0.25, -0.2) is 4.98 Å². The number of nitrogens with zero attached hydrogens (tertiary/aromatic N) is 2. The second-order valence-corrected chi connectivity index (χ2v) is 9.08. The topological polar surface area (TPSA) is 105 Å². The quantitative estimate of drug-likeness (QED) is 0.623. The second kappa shape index (κ2) is 9.21. The minimum absolute atomic E-state index is 0.00469. The van der Waals surface area contributed by atoms with Crippen LogP contribution in [0.4, 0.5) is 5.88 Å². The maximum absolute atomic E-state index is 12.5. The number of anilines is 1. The molecule has 0 radical (unpaired) electrons. The molecule has 1 aliphatic carbocycles. The third kappa shape index (κ3) is 5.52. The van der Waals surface area contributed by atoms with Crippen LogP contribution in [0, 0.1) is 18.8 Å². The first-order valence-corrected chi connectivity index (χ1v) is 11.3. The first kappa shape index (κ1) is 21.5. The molecule has 3 amide bonds. The molecule has 8 nitrogen and oxygen atoms in total. The van der Waals surface area contributed by atoms with E-state index in [4.69, 9.17) is 4.42 Å². The summed E-state index contributed by atoms with van der Waals surface area (Å²) in [6.07, 6.45) is 2.92. The first-order valence-electron chi connectivity index (χ1n) is 10.5. The van der Waals surface area contributed by atoms with E-state index in [1.807, 2.05) is 4.90 Å². The third-order valence-corrected chi connectivity index (χ3v) is 6.11. The SMILES string of the molecule is Cc1nc(CC(=O)NC[C@@H]2CCN(C(=O)C3CC3)C2)c(NC(=O)c2ccc(Br)cc2)o1. The summed E-state index contributed by atoms with van der Waals surface area (Å²) >= 11 is 3.34. The van der Waals surface area contributed by atoms with Crippen molar-refractivity contribution in [2.24, 2.45) is 11.8 Å². The summed E-state index contributed by atoms with van der Waals surface area (Å²) in [4.78, 5) is 43.3. The fraction of sp³-hybridized carbons (Fsp3) is 0.455. The molecule has 1 atom stereocenters. The van der Waals surface area contributed by atoms with Crippen LogP contribution in [-0.2, 0) is 16.0 Å². The number of carbonyl (C=O) groups is 3. The lowest BCUT2D eigenvalue weighted by Crippen LogP contribution is -2.34. The lowest BCUT2D eigenvalue weighted by atomic mass is 10.1. The van der Waals surface area contributed by atoms with Gasteiger partial charge in [-0.3, -0.25) is 19.7 Å². The van der Waals surface area contributed by atoms with Crippen molar-refractivity contribution in [3.63, 3.8) is 0 Å². The summed E-state index contributed by atoms with van der Waals surface area (Å²) in [6.45, 7) is 3.66.